The number of furan rings is 1. The largest absolute Gasteiger partial charge is 0.494 e. The number of thiocarbonyl (C=S) groups is 1. The number of carbonyl (C=O) groups is 2. The molecule has 2 aromatic carbocycles. The fourth-order valence-corrected chi connectivity index (χ4v) is 5.48. The molecular formula is C28H28ClN3O5S2. The first-order valence-electron chi connectivity index (χ1n) is 12.3. The second kappa shape index (κ2) is 13.3. The summed E-state index contributed by atoms with van der Waals surface area (Å²) >= 11 is 6.73. The molecule has 2 aliphatic rings. The number of benzene rings is 2. The molecule has 3 aromatic rings. The second-order valence-corrected chi connectivity index (χ2v) is 10.5. The molecule has 0 atom stereocenters. The van der Waals surface area contributed by atoms with E-state index in [4.69, 9.17) is 31.8 Å². The molecule has 39 heavy (non-hydrogen) atoms. The number of halogens is 1. The highest BCUT2D eigenvalue weighted by Crippen LogP contribution is 2.37. The number of amides is 2. The zero-order chi connectivity index (χ0) is 26.5. The molecule has 2 fully saturated rings. The molecule has 0 bridgehead atoms. The van der Waals surface area contributed by atoms with Gasteiger partial charge in [0.2, 0.25) is 5.91 Å². The maximum absolute atomic E-state index is 13.2. The van der Waals surface area contributed by atoms with Crippen LogP contribution in [0, 0.1) is 0 Å². The molecule has 0 radical (unpaired) electrons. The van der Waals surface area contributed by atoms with Crippen LogP contribution in [0.5, 0.6) is 5.75 Å². The molecule has 0 saturated carbocycles. The van der Waals surface area contributed by atoms with Crippen molar-refractivity contribution in [3.05, 3.63) is 76.9 Å². The van der Waals surface area contributed by atoms with E-state index in [2.05, 4.69) is 4.90 Å². The fourth-order valence-electron chi connectivity index (χ4n) is 4.20. The van der Waals surface area contributed by atoms with Crippen LogP contribution in [0.4, 0.5) is 5.69 Å². The monoisotopic (exact) mass is 585 g/mol. The number of hydrogen-bond donors (Lipinski definition) is 1. The van der Waals surface area contributed by atoms with E-state index in [1.54, 1.807) is 36.4 Å². The van der Waals surface area contributed by atoms with Crippen LogP contribution < -0.4 is 15.4 Å². The zero-order valence-corrected chi connectivity index (χ0v) is 23.5. The summed E-state index contributed by atoms with van der Waals surface area (Å²) in [4.78, 5) is 28.8. The highest BCUT2D eigenvalue weighted by molar-refractivity contribution is 8.27. The number of thioether (sulfide) groups is 1. The number of ether oxygens (including phenoxy) is 2. The molecule has 2 saturated heterocycles. The van der Waals surface area contributed by atoms with Gasteiger partial charge in [-0.05, 0) is 55.0 Å². The molecule has 0 unspecified atom stereocenters. The van der Waals surface area contributed by atoms with Crippen LogP contribution >= 0.6 is 36.4 Å². The van der Waals surface area contributed by atoms with Crippen LogP contribution in [-0.2, 0) is 9.53 Å². The number of anilines is 1. The highest BCUT2D eigenvalue weighted by Gasteiger charge is 2.33. The van der Waals surface area contributed by atoms with Gasteiger partial charge in [-0.2, -0.15) is 0 Å². The van der Waals surface area contributed by atoms with Crippen molar-refractivity contribution >= 4 is 64.3 Å². The third-order valence-electron chi connectivity index (χ3n) is 6.23. The number of primary amides is 1. The van der Waals surface area contributed by atoms with Crippen LogP contribution in [0.25, 0.3) is 17.4 Å². The van der Waals surface area contributed by atoms with Gasteiger partial charge in [0.1, 0.15) is 17.3 Å². The summed E-state index contributed by atoms with van der Waals surface area (Å²) < 4.78 is 17.6. The molecule has 3 heterocycles. The SMILES string of the molecule is Cl.NC(=O)c1ccc(-c2ccc(C=C3SC(=S)N(c4ccc(OCCCN5CCOCC5)cc4)C3=O)o2)cc1. The van der Waals surface area contributed by atoms with E-state index in [0.717, 1.165) is 50.6 Å². The maximum Gasteiger partial charge on any atom is 0.270 e. The summed E-state index contributed by atoms with van der Waals surface area (Å²) in [6, 6.07) is 17.8. The molecule has 2 N–H and O–H groups in total. The minimum Gasteiger partial charge on any atom is -0.494 e. The Balaban J connectivity index is 0.00000353. The first-order chi connectivity index (χ1) is 18.5. The fraction of sp³-hybridized carbons (Fsp3) is 0.250. The van der Waals surface area contributed by atoms with E-state index in [9.17, 15) is 9.59 Å². The topological polar surface area (TPSA) is 98.2 Å². The van der Waals surface area contributed by atoms with E-state index in [0.29, 0.717) is 38.6 Å². The third kappa shape index (κ3) is 7.09. The van der Waals surface area contributed by atoms with Crippen molar-refractivity contribution in [3.8, 4) is 17.1 Å². The summed E-state index contributed by atoms with van der Waals surface area (Å²) in [7, 11) is 0. The van der Waals surface area contributed by atoms with E-state index in [-0.39, 0.29) is 18.3 Å². The van der Waals surface area contributed by atoms with E-state index >= 15 is 0 Å². The van der Waals surface area contributed by atoms with Crippen LogP contribution in [0.2, 0.25) is 0 Å². The number of nitrogens with zero attached hydrogens (tertiary/aromatic N) is 2. The molecular weight excluding hydrogens is 558 g/mol. The highest BCUT2D eigenvalue weighted by atomic mass is 35.5. The Kier molecular flexibility index (Phi) is 9.82. The second-order valence-electron chi connectivity index (χ2n) is 8.81. The summed E-state index contributed by atoms with van der Waals surface area (Å²) in [5.41, 5.74) is 7.21. The Bertz CT molecular complexity index is 1350. The number of hydrogen-bond acceptors (Lipinski definition) is 8. The van der Waals surface area contributed by atoms with Crippen molar-refractivity contribution in [1.82, 2.24) is 4.90 Å². The third-order valence-corrected chi connectivity index (χ3v) is 7.54. The van der Waals surface area contributed by atoms with E-state index in [1.807, 2.05) is 30.3 Å². The van der Waals surface area contributed by atoms with Crippen molar-refractivity contribution in [2.45, 2.75) is 6.42 Å². The number of rotatable bonds is 9. The predicted octanol–water partition coefficient (Wildman–Crippen LogP) is 4.97. The Labute approximate surface area is 242 Å². The van der Waals surface area contributed by atoms with Gasteiger partial charge in [0.05, 0.1) is 30.4 Å². The van der Waals surface area contributed by atoms with E-state index < -0.39 is 5.91 Å². The number of carbonyl (C=O) groups excluding carboxylic acids is 2. The molecule has 1 aromatic heterocycles. The summed E-state index contributed by atoms with van der Waals surface area (Å²) in [6.07, 6.45) is 2.63. The Hall–Kier alpha value is -3.15. The number of nitrogens with two attached hydrogens (primary N) is 1. The van der Waals surface area contributed by atoms with Gasteiger partial charge in [-0.1, -0.05) is 36.1 Å². The Morgan fingerprint density at radius 2 is 1.77 bits per heavy atom. The quantitative estimate of drug-likeness (QED) is 0.213. The van der Waals surface area contributed by atoms with Gasteiger partial charge < -0.3 is 19.6 Å². The summed E-state index contributed by atoms with van der Waals surface area (Å²) in [5, 5.41) is 0. The van der Waals surface area contributed by atoms with Gasteiger partial charge in [-0.15, -0.1) is 12.4 Å². The average Bonchev–Trinajstić information content (AvgIpc) is 3.51. The molecule has 11 heteroatoms. The van der Waals surface area contributed by atoms with Gasteiger partial charge in [0, 0.05) is 36.8 Å². The van der Waals surface area contributed by atoms with Crippen molar-refractivity contribution in [2.24, 2.45) is 5.73 Å². The standard InChI is InChI=1S/C28H27N3O5S2.ClH/c29-26(32)20-4-2-19(3-5-20)24-11-10-23(36-24)18-25-27(33)31(28(37)38-25)21-6-8-22(9-7-21)35-15-1-12-30-13-16-34-17-14-30;/h2-11,18H,1,12-17H2,(H2,29,32);1H. The molecule has 2 amide bonds. The summed E-state index contributed by atoms with van der Waals surface area (Å²) in [5.74, 6) is 1.20. The normalized spacial score (nSPS) is 16.9. The van der Waals surface area contributed by atoms with Gasteiger partial charge in [-0.25, -0.2) is 0 Å². The van der Waals surface area contributed by atoms with Gasteiger partial charge in [0.25, 0.3) is 5.91 Å². The minimum atomic E-state index is -0.486. The lowest BCUT2D eigenvalue weighted by atomic mass is 10.1. The zero-order valence-electron chi connectivity index (χ0n) is 21.0. The predicted molar refractivity (Wildman–Crippen MR) is 159 cm³/mol. The maximum atomic E-state index is 13.2. The lowest BCUT2D eigenvalue weighted by Gasteiger charge is -2.26. The van der Waals surface area contributed by atoms with Crippen LogP contribution in [0.15, 0.2) is 70.0 Å². The molecule has 2 aliphatic heterocycles. The lowest BCUT2D eigenvalue weighted by Crippen LogP contribution is -2.37. The number of morpholine rings is 1. The first kappa shape index (κ1) is 28.8. The minimum absolute atomic E-state index is 0. The van der Waals surface area contributed by atoms with Crippen LogP contribution in [-0.4, -0.2) is 60.5 Å². The van der Waals surface area contributed by atoms with Crippen molar-refractivity contribution in [3.63, 3.8) is 0 Å². The molecule has 0 spiro atoms. The van der Waals surface area contributed by atoms with Crippen LogP contribution in [0.3, 0.4) is 0 Å². The molecule has 8 nitrogen and oxygen atoms in total. The van der Waals surface area contributed by atoms with E-state index in [1.165, 1.54) is 16.7 Å². The first-order valence-corrected chi connectivity index (χ1v) is 13.5. The van der Waals surface area contributed by atoms with Gasteiger partial charge in [-0.3, -0.25) is 19.4 Å². The lowest BCUT2D eigenvalue weighted by molar-refractivity contribution is -0.113. The van der Waals surface area contributed by atoms with Crippen LogP contribution in [0.1, 0.15) is 22.5 Å². The summed E-state index contributed by atoms with van der Waals surface area (Å²) in [6.45, 7) is 5.15. The van der Waals surface area contributed by atoms with Crippen molar-refractivity contribution in [2.75, 3.05) is 44.4 Å². The average molecular weight is 586 g/mol. The van der Waals surface area contributed by atoms with Gasteiger partial charge >= 0.3 is 0 Å². The molecule has 204 valence electrons. The molecule has 0 aliphatic carbocycles. The van der Waals surface area contributed by atoms with Crippen molar-refractivity contribution in [1.29, 1.82) is 0 Å². The van der Waals surface area contributed by atoms with Crippen molar-refractivity contribution < 1.29 is 23.5 Å². The smallest absolute Gasteiger partial charge is 0.270 e. The Morgan fingerprint density at radius 3 is 2.46 bits per heavy atom. The van der Waals surface area contributed by atoms with Gasteiger partial charge in [0.15, 0.2) is 4.32 Å². The Morgan fingerprint density at radius 1 is 1.05 bits per heavy atom. The molecule has 5 rings (SSSR count).